The van der Waals surface area contributed by atoms with Gasteiger partial charge in [-0.05, 0) is 52.2 Å². The van der Waals surface area contributed by atoms with Crippen molar-refractivity contribution in [2.45, 2.75) is 65.3 Å². The van der Waals surface area contributed by atoms with E-state index in [9.17, 15) is 13.9 Å². The van der Waals surface area contributed by atoms with E-state index >= 15 is 0 Å². The third kappa shape index (κ3) is 6.66. The van der Waals surface area contributed by atoms with Gasteiger partial charge in [0.05, 0.1) is 26.4 Å². The normalized spacial score (nSPS) is 19.1. The zero-order valence-corrected chi connectivity index (χ0v) is 22.7. The van der Waals surface area contributed by atoms with Crippen LogP contribution < -0.4 is 0 Å². The minimum Gasteiger partial charge on any atom is -0.405 e. The number of aliphatic imine (C=N–C) groups is 1. The number of hydrogen-bond donors (Lipinski definition) is 0. The fraction of sp³-hybridized carbons (Fsp3) is 0.652. The monoisotopic (exact) mass is 517 g/mol. The largest absolute Gasteiger partial charge is 0.405 e. The molecule has 0 amide bonds. The van der Waals surface area contributed by atoms with Crippen molar-refractivity contribution in [3.63, 3.8) is 0 Å². The van der Waals surface area contributed by atoms with E-state index < -0.39 is 32.1 Å². The zero-order chi connectivity index (χ0) is 25.4. The summed E-state index contributed by atoms with van der Waals surface area (Å²) in [5, 5.41) is -1.37. The van der Waals surface area contributed by atoms with Gasteiger partial charge < -0.3 is 22.8 Å². The molecular formula is C23H37NO8P2. The van der Waals surface area contributed by atoms with Gasteiger partial charge >= 0.3 is 21.2 Å². The first-order chi connectivity index (χ1) is 16.1. The smallest absolute Gasteiger partial charge is 0.345 e. The Morgan fingerprint density at radius 2 is 1.32 bits per heavy atom. The molecule has 0 spiro atoms. The van der Waals surface area contributed by atoms with E-state index in [4.69, 9.17) is 27.8 Å². The van der Waals surface area contributed by atoms with Gasteiger partial charge in [-0.2, -0.15) is 0 Å². The van der Waals surface area contributed by atoms with Crippen LogP contribution in [0.3, 0.4) is 0 Å². The second-order valence-electron chi connectivity index (χ2n) is 8.24. The average molecular weight is 517 g/mol. The molecule has 2 rings (SSSR count). The third-order valence-electron chi connectivity index (χ3n) is 5.14. The Kier molecular flexibility index (Phi) is 10.7. The maximum atomic E-state index is 14.0. The summed E-state index contributed by atoms with van der Waals surface area (Å²) in [5.41, 5.74) is -0.828. The lowest BCUT2D eigenvalue weighted by Gasteiger charge is -2.35. The first kappa shape index (κ1) is 28.9. The van der Waals surface area contributed by atoms with Crippen LogP contribution in [0.4, 0.5) is 0 Å². The lowest BCUT2D eigenvalue weighted by Crippen LogP contribution is -2.40. The molecule has 0 N–H and O–H groups in total. The highest BCUT2D eigenvalue weighted by Gasteiger charge is 2.58. The molecule has 1 aliphatic rings. The number of rotatable bonds is 15. The fourth-order valence-corrected chi connectivity index (χ4v) is 9.52. The van der Waals surface area contributed by atoms with Crippen molar-refractivity contribution in [1.82, 2.24) is 0 Å². The Bertz CT molecular complexity index is 886. The van der Waals surface area contributed by atoms with E-state index in [1.165, 1.54) is 0 Å². The first-order valence-electron chi connectivity index (χ1n) is 11.7. The van der Waals surface area contributed by atoms with Gasteiger partial charge in [-0.3, -0.25) is 9.13 Å². The van der Waals surface area contributed by atoms with Crippen molar-refractivity contribution in [3.8, 4) is 0 Å². The lowest BCUT2D eigenvalue weighted by molar-refractivity contribution is -0.139. The van der Waals surface area contributed by atoms with E-state index in [0.29, 0.717) is 5.56 Å². The average Bonchev–Trinajstić information content (AvgIpc) is 3.09. The molecule has 1 aromatic carbocycles. The number of hydrogen-bond acceptors (Lipinski definition) is 9. The summed E-state index contributed by atoms with van der Waals surface area (Å²) in [4.78, 5) is 18.1. The molecule has 0 fully saturated rings. The summed E-state index contributed by atoms with van der Waals surface area (Å²) >= 11 is 0. The first-order valence-corrected chi connectivity index (χ1v) is 15.0. The predicted molar refractivity (Wildman–Crippen MR) is 131 cm³/mol. The number of nitrogens with zero attached hydrogens (tertiary/aromatic N) is 1. The van der Waals surface area contributed by atoms with Crippen LogP contribution in [0.25, 0.3) is 0 Å². The highest BCUT2D eigenvalue weighted by molar-refractivity contribution is 7.72. The third-order valence-corrected chi connectivity index (χ3v) is 11.1. The second kappa shape index (κ2) is 12.6. The number of cyclic esters (lactones) is 1. The van der Waals surface area contributed by atoms with E-state index in [0.717, 1.165) is 0 Å². The summed E-state index contributed by atoms with van der Waals surface area (Å²) < 4.78 is 55.9. The van der Waals surface area contributed by atoms with Crippen LogP contribution in [0.15, 0.2) is 35.3 Å². The minimum atomic E-state index is -4.06. The molecule has 0 bridgehead atoms. The number of benzene rings is 1. The number of ether oxygens (including phenoxy) is 1. The molecule has 192 valence electrons. The van der Waals surface area contributed by atoms with Gasteiger partial charge in [0.25, 0.3) is 0 Å². The molecule has 34 heavy (non-hydrogen) atoms. The van der Waals surface area contributed by atoms with Crippen molar-refractivity contribution in [1.29, 1.82) is 0 Å². The molecule has 1 aliphatic heterocycles. The minimum absolute atomic E-state index is 0.0178. The predicted octanol–water partition coefficient (Wildman–Crippen LogP) is 6.02. The Morgan fingerprint density at radius 3 is 1.74 bits per heavy atom. The van der Waals surface area contributed by atoms with E-state index in [1.54, 1.807) is 39.8 Å². The maximum absolute atomic E-state index is 14.0. The van der Waals surface area contributed by atoms with Crippen molar-refractivity contribution < 1.29 is 36.8 Å². The van der Waals surface area contributed by atoms with Crippen LogP contribution in [0.1, 0.15) is 59.9 Å². The van der Waals surface area contributed by atoms with Crippen LogP contribution in [0, 0.1) is 5.92 Å². The molecule has 1 heterocycles. The molecule has 1 unspecified atom stereocenters. The number of carbonyl (C=O) groups excluding carboxylic acids is 1. The molecule has 11 heteroatoms. The van der Waals surface area contributed by atoms with Crippen LogP contribution in [-0.2, 0) is 36.8 Å². The molecule has 0 saturated carbocycles. The molecule has 1 atom stereocenters. The highest BCUT2D eigenvalue weighted by Crippen LogP contribution is 2.72. The van der Waals surface area contributed by atoms with Gasteiger partial charge in [0.2, 0.25) is 5.90 Å². The summed E-state index contributed by atoms with van der Waals surface area (Å²) in [7, 11) is -8.11. The quantitative estimate of drug-likeness (QED) is 0.205. The van der Waals surface area contributed by atoms with Crippen LogP contribution in [0.2, 0.25) is 0 Å². The molecule has 9 nitrogen and oxygen atoms in total. The second-order valence-corrected chi connectivity index (χ2v) is 13.1. The molecule has 0 aliphatic carbocycles. The van der Waals surface area contributed by atoms with E-state index in [1.807, 2.05) is 32.0 Å². The van der Waals surface area contributed by atoms with Gasteiger partial charge in [0.15, 0.2) is 10.9 Å². The van der Waals surface area contributed by atoms with Gasteiger partial charge in [0, 0.05) is 12.0 Å². The van der Waals surface area contributed by atoms with E-state index in [2.05, 4.69) is 0 Å². The molecule has 0 saturated heterocycles. The molecule has 0 radical (unpaired) electrons. The van der Waals surface area contributed by atoms with Gasteiger partial charge in [0.1, 0.15) is 0 Å². The Morgan fingerprint density at radius 1 is 0.853 bits per heavy atom. The molecule has 0 aromatic heterocycles. The van der Waals surface area contributed by atoms with Crippen molar-refractivity contribution >= 4 is 27.1 Å². The summed E-state index contributed by atoms with van der Waals surface area (Å²) in [6.45, 7) is 10.7. The van der Waals surface area contributed by atoms with Crippen molar-refractivity contribution in [2.75, 3.05) is 26.4 Å². The number of carbonyl (C=O) groups is 1. The van der Waals surface area contributed by atoms with Gasteiger partial charge in [-0.1, -0.05) is 32.0 Å². The molecular weight excluding hydrogens is 480 g/mol. The lowest BCUT2D eigenvalue weighted by atomic mass is 9.87. The van der Waals surface area contributed by atoms with E-state index in [-0.39, 0.29) is 51.1 Å². The topological polar surface area (TPSA) is 110 Å². The zero-order valence-electron chi connectivity index (χ0n) is 20.9. The van der Waals surface area contributed by atoms with Gasteiger partial charge in [-0.25, -0.2) is 9.79 Å². The van der Waals surface area contributed by atoms with Crippen LogP contribution >= 0.6 is 15.2 Å². The van der Waals surface area contributed by atoms with Crippen LogP contribution in [-0.4, -0.2) is 49.2 Å². The standard InChI is InChI=1S/C23H37NO8P2/c1-7-28-33(26,29-8-2)20(34(27,30-9-3)31-10-4)17-23(16-18(5)6)22(25)32-21(24-23)19-14-12-11-13-15-19/h11-15,18,20H,7-10,16-17H2,1-6H3. The molecule has 1 aromatic rings. The van der Waals surface area contributed by atoms with Crippen molar-refractivity contribution in [2.24, 2.45) is 10.9 Å². The Labute approximate surface area is 202 Å². The fourth-order valence-electron chi connectivity index (χ4n) is 4.00. The summed E-state index contributed by atoms with van der Waals surface area (Å²) in [5.74, 6) is -0.427. The summed E-state index contributed by atoms with van der Waals surface area (Å²) in [6.07, 6.45) is 0.0318. The van der Waals surface area contributed by atoms with Gasteiger partial charge in [-0.15, -0.1) is 0 Å². The number of esters is 1. The summed E-state index contributed by atoms with van der Waals surface area (Å²) in [6, 6.07) is 9.04. The van der Waals surface area contributed by atoms with Crippen molar-refractivity contribution in [3.05, 3.63) is 35.9 Å². The Hall–Kier alpha value is -1.34. The SMILES string of the molecule is CCOP(=O)(OCC)C(CC1(CC(C)C)N=C(c2ccccc2)OC1=O)P(=O)(OCC)OCC. The van der Waals surface area contributed by atoms with Crippen LogP contribution in [0.5, 0.6) is 0 Å². The Balaban J connectivity index is 2.68. The highest BCUT2D eigenvalue weighted by atomic mass is 31.2. The maximum Gasteiger partial charge on any atom is 0.345 e.